The van der Waals surface area contributed by atoms with Gasteiger partial charge in [0, 0.05) is 29.5 Å². The summed E-state index contributed by atoms with van der Waals surface area (Å²) in [6.07, 6.45) is 0.532. The third kappa shape index (κ3) is 3.78. The fraction of sp³-hybridized carbons (Fsp3) is 0.385. The van der Waals surface area contributed by atoms with E-state index in [2.05, 4.69) is 15.9 Å². The van der Waals surface area contributed by atoms with Gasteiger partial charge in [0.25, 0.3) is 5.91 Å². The molecule has 0 heterocycles. The average Bonchev–Trinajstić information content (AvgIpc) is 2.29. The number of amides is 1. The molecule has 0 radical (unpaired) electrons. The van der Waals surface area contributed by atoms with Gasteiger partial charge in [-0.1, -0.05) is 34.2 Å². The Morgan fingerprint density at radius 3 is 2.72 bits per heavy atom. The highest BCUT2D eigenvalue weighted by Crippen LogP contribution is 2.18. The average molecular weight is 329 g/mol. The van der Waals surface area contributed by atoms with Crippen LogP contribution < -0.4 is 5.73 Å². The summed E-state index contributed by atoms with van der Waals surface area (Å²) in [4.78, 5) is 14.5. The van der Waals surface area contributed by atoms with Crippen molar-refractivity contribution in [3.8, 4) is 0 Å². The van der Waals surface area contributed by atoms with Crippen LogP contribution in [0.15, 0.2) is 22.7 Å². The molecule has 0 aliphatic carbocycles. The van der Waals surface area contributed by atoms with Gasteiger partial charge in [0.15, 0.2) is 0 Å². The van der Waals surface area contributed by atoms with E-state index in [0.717, 1.165) is 10.0 Å². The number of halogens is 1. The molecule has 5 heteroatoms. The zero-order chi connectivity index (χ0) is 13.9. The molecule has 0 spiro atoms. The SMILES string of the molecule is Cc1ccc(Br)cc1C(=O)N(C)C(C)CC(N)=S. The first-order valence-electron chi connectivity index (χ1n) is 5.64. The molecule has 1 amide bonds. The Morgan fingerprint density at radius 2 is 2.17 bits per heavy atom. The van der Waals surface area contributed by atoms with E-state index in [1.54, 1.807) is 11.9 Å². The topological polar surface area (TPSA) is 46.3 Å². The Kier molecular flexibility index (Phi) is 5.28. The lowest BCUT2D eigenvalue weighted by atomic mass is 10.1. The molecule has 0 saturated carbocycles. The van der Waals surface area contributed by atoms with Crippen LogP contribution in [0.5, 0.6) is 0 Å². The number of benzene rings is 1. The van der Waals surface area contributed by atoms with Gasteiger partial charge in [0.2, 0.25) is 0 Å². The molecule has 2 N–H and O–H groups in total. The molecule has 1 unspecified atom stereocenters. The zero-order valence-corrected chi connectivity index (χ0v) is 13.1. The van der Waals surface area contributed by atoms with E-state index >= 15 is 0 Å². The van der Waals surface area contributed by atoms with Crippen molar-refractivity contribution < 1.29 is 4.79 Å². The van der Waals surface area contributed by atoms with Crippen molar-refractivity contribution in [2.45, 2.75) is 26.3 Å². The summed E-state index contributed by atoms with van der Waals surface area (Å²) < 4.78 is 0.895. The number of carbonyl (C=O) groups excluding carboxylic acids is 1. The number of nitrogens with two attached hydrogens (primary N) is 1. The predicted octanol–water partition coefficient (Wildman–Crippen LogP) is 2.89. The summed E-state index contributed by atoms with van der Waals surface area (Å²) in [5.74, 6) is -0.0162. The molecule has 18 heavy (non-hydrogen) atoms. The molecule has 1 aromatic carbocycles. The number of hydrogen-bond acceptors (Lipinski definition) is 2. The van der Waals surface area contributed by atoms with E-state index in [9.17, 15) is 4.79 Å². The number of carbonyl (C=O) groups is 1. The highest BCUT2D eigenvalue weighted by Gasteiger charge is 2.19. The smallest absolute Gasteiger partial charge is 0.254 e. The van der Waals surface area contributed by atoms with Crippen LogP contribution in [0.1, 0.15) is 29.3 Å². The summed E-state index contributed by atoms with van der Waals surface area (Å²) in [6.45, 7) is 3.86. The first-order chi connectivity index (χ1) is 8.32. The molecule has 0 aliphatic rings. The fourth-order valence-electron chi connectivity index (χ4n) is 1.64. The third-order valence-electron chi connectivity index (χ3n) is 2.91. The molecule has 3 nitrogen and oxygen atoms in total. The Bertz CT molecular complexity index is 476. The monoisotopic (exact) mass is 328 g/mol. The van der Waals surface area contributed by atoms with Gasteiger partial charge in [-0.25, -0.2) is 0 Å². The normalized spacial score (nSPS) is 12.0. The van der Waals surface area contributed by atoms with Crippen LogP contribution in [0, 0.1) is 6.92 Å². The summed E-state index contributed by atoms with van der Waals surface area (Å²) >= 11 is 8.25. The van der Waals surface area contributed by atoms with Gasteiger partial charge in [-0.05, 0) is 31.5 Å². The number of nitrogens with zero attached hydrogens (tertiary/aromatic N) is 1. The summed E-state index contributed by atoms with van der Waals surface area (Å²) in [7, 11) is 1.77. The van der Waals surface area contributed by atoms with Gasteiger partial charge in [-0.15, -0.1) is 0 Å². The van der Waals surface area contributed by atoms with Crippen LogP contribution in [-0.2, 0) is 0 Å². The van der Waals surface area contributed by atoms with E-state index in [4.69, 9.17) is 18.0 Å². The van der Waals surface area contributed by atoms with E-state index in [1.165, 1.54) is 0 Å². The van der Waals surface area contributed by atoms with Crippen LogP contribution in [-0.4, -0.2) is 28.9 Å². The summed E-state index contributed by atoms with van der Waals surface area (Å²) in [6, 6.07) is 5.67. The predicted molar refractivity (Wildman–Crippen MR) is 81.8 cm³/mol. The summed E-state index contributed by atoms with van der Waals surface area (Å²) in [5.41, 5.74) is 7.16. The minimum Gasteiger partial charge on any atom is -0.393 e. The van der Waals surface area contributed by atoms with Gasteiger partial charge >= 0.3 is 0 Å². The van der Waals surface area contributed by atoms with Gasteiger partial charge in [-0.3, -0.25) is 4.79 Å². The van der Waals surface area contributed by atoms with Crippen molar-refractivity contribution in [3.63, 3.8) is 0 Å². The molecule has 0 bridgehead atoms. The van der Waals surface area contributed by atoms with Gasteiger partial charge in [0.05, 0.1) is 4.99 Å². The molecule has 1 aromatic rings. The Morgan fingerprint density at radius 1 is 1.56 bits per heavy atom. The number of aryl methyl sites for hydroxylation is 1. The highest BCUT2D eigenvalue weighted by atomic mass is 79.9. The van der Waals surface area contributed by atoms with Crippen LogP contribution in [0.4, 0.5) is 0 Å². The van der Waals surface area contributed by atoms with E-state index in [-0.39, 0.29) is 11.9 Å². The van der Waals surface area contributed by atoms with Crippen molar-refractivity contribution in [1.29, 1.82) is 0 Å². The molecule has 1 rings (SSSR count). The van der Waals surface area contributed by atoms with E-state index in [1.807, 2.05) is 32.0 Å². The molecule has 0 aliphatic heterocycles. The number of thiocarbonyl (C=S) groups is 1. The highest BCUT2D eigenvalue weighted by molar-refractivity contribution is 9.10. The maximum Gasteiger partial charge on any atom is 0.254 e. The van der Waals surface area contributed by atoms with Crippen molar-refractivity contribution in [1.82, 2.24) is 4.90 Å². The second-order valence-corrected chi connectivity index (χ2v) is 5.83. The van der Waals surface area contributed by atoms with Gasteiger partial charge < -0.3 is 10.6 Å². The fourth-order valence-corrected chi connectivity index (χ4v) is 2.25. The first-order valence-corrected chi connectivity index (χ1v) is 6.84. The molecule has 0 fully saturated rings. The lowest BCUT2D eigenvalue weighted by molar-refractivity contribution is 0.0747. The van der Waals surface area contributed by atoms with Crippen molar-refractivity contribution in [3.05, 3.63) is 33.8 Å². The second-order valence-electron chi connectivity index (χ2n) is 4.39. The minimum atomic E-state index is -0.0162. The van der Waals surface area contributed by atoms with Crippen LogP contribution in [0.2, 0.25) is 0 Å². The molecular formula is C13H17BrN2OS. The van der Waals surface area contributed by atoms with Crippen LogP contribution >= 0.6 is 28.1 Å². The van der Waals surface area contributed by atoms with Crippen molar-refractivity contribution in [2.75, 3.05) is 7.05 Å². The second kappa shape index (κ2) is 6.29. The maximum atomic E-state index is 12.4. The number of hydrogen-bond donors (Lipinski definition) is 1. The molecular weight excluding hydrogens is 312 g/mol. The Hall–Kier alpha value is -0.940. The van der Waals surface area contributed by atoms with Gasteiger partial charge in [0.1, 0.15) is 0 Å². The Labute approximate surface area is 121 Å². The molecule has 1 atom stereocenters. The molecule has 0 aromatic heterocycles. The zero-order valence-electron chi connectivity index (χ0n) is 10.7. The van der Waals surface area contributed by atoms with Crippen LogP contribution in [0.25, 0.3) is 0 Å². The van der Waals surface area contributed by atoms with Crippen molar-refractivity contribution in [2.24, 2.45) is 5.73 Å². The molecule has 0 saturated heterocycles. The molecule has 98 valence electrons. The maximum absolute atomic E-state index is 12.4. The third-order valence-corrected chi connectivity index (χ3v) is 3.57. The number of rotatable bonds is 4. The first kappa shape index (κ1) is 15.1. The van der Waals surface area contributed by atoms with Crippen LogP contribution in [0.3, 0.4) is 0 Å². The lowest BCUT2D eigenvalue weighted by Gasteiger charge is -2.25. The lowest BCUT2D eigenvalue weighted by Crippen LogP contribution is -2.37. The largest absolute Gasteiger partial charge is 0.393 e. The summed E-state index contributed by atoms with van der Waals surface area (Å²) in [5, 5.41) is 0. The standard InChI is InChI=1S/C13H17BrN2OS/c1-8-4-5-10(14)7-11(8)13(17)16(3)9(2)6-12(15)18/h4-5,7,9H,6H2,1-3H3,(H2,15,18). The van der Waals surface area contributed by atoms with Crippen molar-refractivity contribution >= 4 is 39.0 Å². The van der Waals surface area contributed by atoms with Gasteiger partial charge in [-0.2, -0.15) is 0 Å². The Balaban J connectivity index is 2.92. The van der Waals surface area contributed by atoms with E-state index < -0.39 is 0 Å². The van der Waals surface area contributed by atoms with E-state index in [0.29, 0.717) is 17.0 Å². The quantitative estimate of drug-likeness (QED) is 0.864. The minimum absolute atomic E-state index is 0.00613.